The van der Waals surface area contributed by atoms with Crippen molar-refractivity contribution >= 4 is 17.7 Å². The first-order valence-corrected chi connectivity index (χ1v) is 9.49. The number of benzene rings is 2. The van der Waals surface area contributed by atoms with Crippen LogP contribution in [0, 0.1) is 5.82 Å². The second kappa shape index (κ2) is 8.28. The standard InChI is InChI=1S/C22H19FN4O3/c23-17-8-6-16(7-9-17)18-12-19(25-24-18)22(30)26-13-20(28)27(21(29)14-26)11-10-15-4-2-1-3-5-15/h1-9,12H,10-11,13-14H2,(H,24,25). The van der Waals surface area contributed by atoms with Crippen LogP contribution in [0.25, 0.3) is 11.3 Å². The van der Waals surface area contributed by atoms with Crippen LogP contribution >= 0.6 is 0 Å². The zero-order valence-electron chi connectivity index (χ0n) is 16.0. The monoisotopic (exact) mass is 406 g/mol. The molecule has 0 spiro atoms. The van der Waals surface area contributed by atoms with E-state index in [1.165, 1.54) is 28.0 Å². The summed E-state index contributed by atoms with van der Waals surface area (Å²) in [5, 5.41) is 6.71. The minimum atomic E-state index is -0.486. The molecule has 1 aliphatic heterocycles. The molecule has 152 valence electrons. The second-order valence-electron chi connectivity index (χ2n) is 7.01. The summed E-state index contributed by atoms with van der Waals surface area (Å²) in [4.78, 5) is 40.1. The highest BCUT2D eigenvalue weighted by Crippen LogP contribution is 2.19. The molecule has 3 aromatic rings. The van der Waals surface area contributed by atoms with Crippen molar-refractivity contribution in [3.8, 4) is 11.3 Å². The topological polar surface area (TPSA) is 86.4 Å². The van der Waals surface area contributed by atoms with Crippen molar-refractivity contribution in [3.63, 3.8) is 0 Å². The van der Waals surface area contributed by atoms with E-state index in [-0.39, 0.29) is 31.1 Å². The van der Waals surface area contributed by atoms with Crippen molar-refractivity contribution in [2.45, 2.75) is 6.42 Å². The highest BCUT2D eigenvalue weighted by Gasteiger charge is 2.34. The third-order valence-electron chi connectivity index (χ3n) is 4.96. The molecule has 0 atom stereocenters. The van der Waals surface area contributed by atoms with E-state index >= 15 is 0 Å². The van der Waals surface area contributed by atoms with Gasteiger partial charge in [0.05, 0.1) is 5.69 Å². The third-order valence-corrected chi connectivity index (χ3v) is 4.96. The van der Waals surface area contributed by atoms with Crippen molar-refractivity contribution in [2.24, 2.45) is 0 Å². The minimum absolute atomic E-state index is 0.160. The Morgan fingerprint density at radius 2 is 1.67 bits per heavy atom. The summed E-state index contributed by atoms with van der Waals surface area (Å²) in [6, 6.07) is 16.8. The first-order valence-electron chi connectivity index (χ1n) is 9.49. The highest BCUT2D eigenvalue weighted by molar-refractivity contribution is 6.05. The van der Waals surface area contributed by atoms with E-state index in [2.05, 4.69) is 10.2 Å². The molecule has 0 saturated carbocycles. The third kappa shape index (κ3) is 4.12. The normalized spacial score (nSPS) is 14.3. The SMILES string of the molecule is O=C(c1cc(-c2ccc(F)cc2)n[nH]1)N1CC(=O)N(CCc2ccccc2)C(=O)C1. The van der Waals surface area contributed by atoms with Gasteiger partial charge in [0, 0.05) is 12.1 Å². The number of hydrogen-bond donors (Lipinski definition) is 1. The summed E-state index contributed by atoms with van der Waals surface area (Å²) >= 11 is 0. The lowest BCUT2D eigenvalue weighted by Crippen LogP contribution is -2.56. The fraction of sp³-hybridized carbons (Fsp3) is 0.182. The number of carbonyl (C=O) groups is 3. The number of aromatic amines is 1. The summed E-state index contributed by atoms with van der Waals surface area (Å²) in [6.45, 7) is -0.0724. The molecule has 0 bridgehead atoms. The average Bonchev–Trinajstić information content (AvgIpc) is 3.24. The van der Waals surface area contributed by atoms with Crippen molar-refractivity contribution in [3.05, 3.63) is 77.7 Å². The van der Waals surface area contributed by atoms with Crippen LogP contribution in [0.3, 0.4) is 0 Å². The average molecular weight is 406 g/mol. The predicted octanol–water partition coefficient (Wildman–Crippen LogP) is 2.27. The summed E-state index contributed by atoms with van der Waals surface area (Å²) in [5.41, 5.74) is 2.30. The molecule has 1 saturated heterocycles. The van der Waals surface area contributed by atoms with Crippen LogP contribution < -0.4 is 0 Å². The van der Waals surface area contributed by atoms with Gasteiger partial charge in [-0.1, -0.05) is 30.3 Å². The molecule has 7 nitrogen and oxygen atoms in total. The van der Waals surface area contributed by atoms with Crippen LogP contribution in [-0.4, -0.2) is 57.4 Å². The molecule has 1 fully saturated rings. The summed E-state index contributed by atoms with van der Waals surface area (Å²) in [7, 11) is 0. The van der Waals surface area contributed by atoms with E-state index in [1.54, 1.807) is 12.1 Å². The molecular weight excluding hydrogens is 387 g/mol. The maximum Gasteiger partial charge on any atom is 0.272 e. The Hall–Kier alpha value is -3.81. The fourth-order valence-electron chi connectivity index (χ4n) is 3.34. The molecule has 3 amide bonds. The molecule has 30 heavy (non-hydrogen) atoms. The van der Waals surface area contributed by atoms with Gasteiger partial charge in [0.2, 0.25) is 11.8 Å². The van der Waals surface area contributed by atoms with Gasteiger partial charge in [-0.05, 0) is 42.3 Å². The molecule has 0 unspecified atom stereocenters. The van der Waals surface area contributed by atoms with Crippen molar-refractivity contribution in [1.82, 2.24) is 20.0 Å². The zero-order valence-corrected chi connectivity index (χ0v) is 16.0. The van der Waals surface area contributed by atoms with Gasteiger partial charge in [-0.3, -0.25) is 24.4 Å². The van der Waals surface area contributed by atoms with E-state index < -0.39 is 17.7 Å². The quantitative estimate of drug-likeness (QED) is 0.659. The first-order chi connectivity index (χ1) is 14.5. The number of imide groups is 1. The molecular formula is C22H19FN4O3. The molecule has 2 heterocycles. The Kier molecular flexibility index (Phi) is 5.38. The lowest BCUT2D eigenvalue weighted by Gasteiger charge is -2.32. The van der Waals surface area contributed by atoms with Crippen LogP contribution in [0.4, 0.5) is 4.39 Å². The number of H-pyrrole nitrogens is 1. The summed E-state index contributed by atoms with van der Waals surface area (Å²) < 4.78 is 13.1. The van der Waals surface area contributed by atoms with E-state index in [9.17, 15) is 18.8 Å². The van der Waals surface area contributed by atoms with Gasteiger partial charge >= 0.3 is 0 Å². The number of nitrogens with zero attached hydrogens (tertiary/aromatic N) is 3. The van der Waals surface area contributed by atoms with E-state index in [0.717, 1.165) is 5.56 Å². The Morgan fingerprint density at radius 3 is 2.33 bits per heavy atom. The van der Waals surface area contributed by atoms with Gasteiger partial charge in [-0.15, -0.1) is 0 Å². The molecule has 0 aliphatic carbocycles. The molecule has 8 heteroatoms. The van der Waals surface area contributed by atoms with Crippen LogP contribution in [-0.2, 0) is 16.0 Å². The van der Waals surface area contributed by atoms with Crippen LogP contribution in [0.15, 0.2) is 60.7 Å². The number of aromatic nitrogens is 2. The minimum Gasteiger partial charge on any atom is -0.319 e. The number of carbonyl (C=O) groups excluding carboxylic acids is 3. The van der Waals surface area contributed by atoms with Crippen LogP contribution in [0.1, 0.15) is 16.1 Å². The Bertz CT molecular complexity index is 1060. The number of hydrogen-bond acceptors (Lipinski definition) is 4. The van der Waals surface area contributed by atoms with E-state index in [0.29, 0.717) is 17.7 Å². The van der Waals surface area contributed by atoms with Gasteiger partial charge < -0.3 is 4.90 Å². The van der Waals surface area contributed by atoms with Gasteiger partial charge in [0.15, 0.2) is 0 Å². The van der Waals surface area contributed by atoms with Crippen molar-refractivity contribution in [1.29, 1.82) is 0 Å². The van der Waals surface area contributed by atoms with E-state index in [1.807, 2.05) is 30.3 Å². The number of halogens is 1. The molecule has 1 aliphatic rings. The summed E-state index contributed by atoms with van der Waals surface area (Å²) in [5.74, 6) is -1.67. The molecule has 4 rings (SSSR count). The Labute approximate surface area is 172 Å². The zero-order chi connectivity index (χ0) is 21.1. The summed E-state index contributed by atoms with van der Waals surface area (Å²) in [6.07, 6.45) is 0.563. The number of amides is 3. The molecule has 0 radical (unpaired) electrons. The Balaban J connectivity index is 1.41. The highest BCUT2D eigenvalue weighted by atomic mass is 19.1. The number of nitrogens with one attached hydrogen (secondary N) is 1. The maximum atomic E-state index is 13.1. The molecule has 1 N–H and O–H groups in total. The lowest BCUT2D eigenvalue weighted by molar-refractivity contribution is -0.150. The predicted molar refractivity (Wildman–Crippen MR) is 107 cm³/mol. The molecule has 1 aromatic heterocycles. The Morgan fingerprint density at radius 1 is 1.00 bits per heavy atom. The van der Waals surface area contributed by atoms with Crippen LogP contribution in [0.5, 0.6) is 0 Å². The maximum absolute atomic E-state index is 13.1. The lowest BCUT2D eigenvalue weighted by atomic mass is 10.1. The van der Waals surface area contributed by atoms with Gasteiger partial charge in [-0.2, -0.15) is 5.10 Å². The van der Waals surface area contributed by atoms with Crippen molar-refractivity contribution in [2.75, 3.05) is 19.6 Å². The molecule has 2 aromatic carbocycles. The van der Waals surface area contributed by atoms with Gasteiger partial charge in [0.1, 0.15) is 24.6 Å². The van der Waals surface area contributed by atoms with Crippen molar-refractivity contribution < 1.29 is 18.8 Å². The fourth-order valence-corrected chi connectivity index (χ4v) is 3.34. The smallest absolute Gasteiger partial charge is 0.272 e. The van der Waals surface area contributed by atoms with E-state index in [4.69, 9.17) is 0 Å². The number of rotatable bonds is 5. The largest absolute Gasteiger partial charge is 0.319 e. The first kappa shape index (κ1) is 19.5. The van der Waals surface area contributed by atoms with Gasteiger partial charge in [0.25, 0.3) is 5.91 Å². The number of piperazine rings is 1. The second-order valence-corrected chi connectivity index (χ2v) is 7.01. The van der Waals surface area contributed by atoms with Crippen LogP contribution in [0.2, 0.25) is 0 Å². The van der Waals surface area contributed by atoms with Gasteiger partial charge in [-0.25, -0.2) is 4.39 Å².